The Morgan fingerprint density at radius 3 is 1.85 bits per heavy atom. The van der Waals surface area contributed by atoms with Crippen molar-refractivity contribution in [3.05, 3.63) is 71.8 Å². The molecule has 2 aliphatic heterocycles. The van der Waals surface area contributed by atoms with Crippen molar-refractivity contribution >= 4 is 5.97 Å². The van der Waals surface area contributed by atoms with E-state index in [0.29, 0.717) is 24.4 Å². The highest BCUT2D eigenvalue weighted by atomic mass is 16.4. The first-order valence-corrected chi connectivity index (χ1v) is 9.67. The topological polar surface area (TPSA) is 40.5 Å². The van der Waals surface area contributed by atoms with Crippen LogP contribution in [0.3, 0.4) is 0 Å². The number of carbonyl (C=O) groups is 1. The summed E-state index contributed by atoms with van der Waals surface area (Å²) in [4.78, 5) is 15.2. The van der Waals surface area contributed by atoms with Gasteiger partial charge in [-0.1, -0.05) is 60.7 Å². The fraction of sp³-hybridized carbons (Fsp3) is 0.435. The molecule has 0 spiro atoms. The summed E-state index contributed by atoms with van der Waals surface area (Å²) in [5.74, 6) is -0.290. The van der Waals surface area contributed by atoms with Crippen LogP contribution in [0.5, 0.6) is 0 Å². The van der Waals surface area contributed by atoms with Crippen LogP contribution in [0.2, 0.25) is 0 Å². The minimum Gasteiger partial charge on any atom is -0.480 e. The predicted octanol–water partition coefficient (Wildman–Crippen LogP) is 4.32. The lowest BCUT2D eigenvalue weighted by molar-refractivity contribution is -0.143. The first kappa shape index (κ1) is 17.3. The maximum absolute atomic E-state index is 12.7. The highest BCUT2D eigenvalue weighted by Gasteiger charge is 2.47. The number of carboxylic acid groups (broad SMARTS) is 1. The van der Waals surface area contributed by atoms with Gasteiger partial charge in [-0.25, -0.2) is 0 Å². The Morgan fingerprint density at radius 1 is 0.962 bits per heavy atom. The van der Waals surface area contributed by atoms with E-state index in [1.54, 1.807) is 0 Å². The lowest BCUT2D eigenvalue weighted by atomic mass is 9.67. The number of nitrogens with zero attached hydrogens (tertiary/aromatic N) is 1. The molecule has 0 saturated carbocycles. The third-order valence-corrected chi connectivity index (χ3v) is 6.69. The number of hydrogen-bond donors (Lipinski definition) is 1. The summed E-state index contributed by atoms with van der Waals surface area (Å²) in [6, 6.07) is 20.9. The summed E-state index contributed by atoms with van der Waals surface area (Å²) in [6.45, 7) is 0. The second-order valence-corrected chi connectivity index (χ2v) is 8.03. The second kappa shape index (κ2) is 6.88. The van der Waals surface area contributed by atoms with Gasteiger partial charge in [-0.2, -0.15) is 0 Å². The van der Waals surface area contributed by atoms with Crippen molar-refractivity contribution in [2.75, 3.05) is 7.05 Å². The van der Waals surface area contributed by atoms with Gasteiger partial charge in [-0.05, 0) is 56.2 Å². The third kappa shape index (κ3) is 2.84. The van der Waals surface area contributed by atoms with Crippen LogP contribution in [0, 0.1) is 5.92 Å². The quantitative estimate of drug-likeness (QED) is 0.874. The zero-order chi connectivity index (χ0) is 18.1. The Balaban J connectivity index is 1.75. The molecule has 4 rings (SSSR count). The Labute approximate surface area is 155 Å². The van der Waals surface area contributed by atoms with Gasteiger partial charge < -0.3 is 10.0 Å². The maximum atomic E-state index is 12.7. The SMILES string of the molecule is CN1[C@@H]2CC[C@H]1CC(CC(C(=O)O)(c1ccccc1)c1ccccc1)C2. The van der Waals surface area contributed by atoms with Crippen LogP contribution in [0.4, 0.5) is 0 Å². The standard InChI is InChI=1S/C23H27NO2/c1-24-20-12-13-21(24)15-17(14-20)16-23(22(25)26,18-8-4-2-5-9-18)19-10-6-3-7-11-19/h2-11,17,20-21H,12-16H2,1H3,(H,25,26)/t17?,20-,21+. The molecule has 0 aliphatic carbocycles. The minimum atomic E-state index is -0.970. The van der Waals surface area contributed by atoms with E-state index >= 15 is 0 Å². The van der Waals surface area contributed by atoms with E-state index in [1.807, 2.05) is 60.7 Å². The summed E-state index contributed by atoms with van der Waals surface area (Å²) in [5.41, 5.74) is 0.817. The molecular formula is C23H27NO2. The molecule has 2 fully saturated rings. The average Bonchev–Trinajstić information content (AvgIpc) is 2.88. The molecule has 2 bridgehead atoms. The van der Waals surface area contributed by atoms with Gasteiger partial charge in [0, 0.05) is 12.1 Å². The van der Waals surface area contributed by atoms with E-state index in [9.17, 15) is 9.90 Å². The van der Waals surface area contributed by atoms with Crippen molar-refractivity contribution in [1.82, 2.24) is 4.90 Å². The van der Waals surface area contributed by atoms with Gasteiger partial charge in [0.1, 0.15) is 5.41 Å². The van der Waals surface area contributed by atoms with Crippen molar-refractivity contribution < 1.29 is 9.90 Å². The zero-order valence-corrected chi connectivity index (χ0v) is 15.3. The monoisotopic (exact) mass is 349 g/mol. The molecule has 0 radical (unpaired) electrons. The van der Waals surface area contributed by atoms with Gasteiger partial charge in [0.2, 0.25) is 0 Å². The summed E-state index contributed by atoms with van der Waals surface area (Å²) in [5, 5.41) is 10.5. The summed E-state index contributed by atoms with van der Waals surface area (Å²) in [7, 11) is 2.23. The van der Waals surface area contributed by atoms with Crippen LogP contribution < -0.4 is 0 Å². The number of hydrogen-bond acceptors (Lipinski definition) is 2. The van der Waals surface area contributed by atoms with Crippen molar-refractivity contribution in [1.29, 1.82) is 0 Å². The van der Waals surface area contributed by atoms with E-state index in [1.165, 1.54) is 12.8 Å². The van der Waals surface area contributed by atoms with Crippen LogP contribution >= 0.6 is 0 Å². The molecule has 3 atom stereocenters. The number of piperidine rings is 1. The molecule has 0 amide bonds. The molecule has 2 aliphatic rings. The van der Waals surface area contributed by atoms with Crippen molar-refractivity contribution in [3.8, 4) is 0 Å². The molecule has 0 aromatic heterocycles. The minimum absolute atomic E-state index is 0.445. The molecule has 2 saturated heterocycles. The zero-order valence-electron chi connectivity index (χ0n) is 15.3. The van der Waals surface area contributed by atoms with Crippen LogP contribution in [-0.4, -0.2) is 35.1 Å². The highest BCUT2D eigenvalue weighted by Crippen LogP contribution is 2.45. The fourth-order valence-electron chi connectivity index (χ4n) is 5.31. The first-order valence-electron chi connectivity index (χ1n) is 9.67. The normalized spacial score (nSPS) is 26.0. The largest absolute Gasteiger partial charge is 0.480 e. The predicted molar refractivity (Wildman–Crippen MR) is 103 cm³/mol. The van der Waals surface area contributed by atoms with E-state index in [0.717, 1.165) is 24.0 Å². The number of aliphatic carboxylic acids is 1. The van der Waals surface area contributed by atoms with Crippen molar-refractivity contribution in [2.24, 2.45) is 5.92 Å². The molecule has 1 unspecified atom stereocenters. The van der Waals surface area contributed by atoms with Gasteiger partial charge in [0.25, 0.3) is 0 Å². The number of carboxylic acids is 1. The molecule has 2 aromatic carbocycles. The molecule has 3 nitrogen and oxygen atoms in total. The molecule has 2 aromatic rings. The third-order valence-electron chi connectivity index (χ3n) is 6.69. The first-order chi connectivity index (χ1) is 12.6. The lowest BCUT2D eigenvalue weighted by Gasteiger charge is -2.41. The van der Waals surface area contributed by atoms with E-state index in [4.69, 9.17) is 0 Å². The summed E-state index contributed by atoms with van der Waals surface area (Å²) >= 11 is 0. The van der Waals surface area contributed by atoms with Crippen LogP contribution in [0.1, 0.15) is 43.2 Å². The lowest BCUT2D eigenvalue weighted by Crippen LogP contribution is -2.44. The molecule has 1 N–H and O–H groups in total. The molecular weight excluding hydrogens is 322 g/mol. The second-order valence-electron chi connectivity index (χ2n) is 8.03. The Hall–Kier alpha value is -2.13. The van der Waals surface area contributed by atoms with Gasteiger partial charge in [-0.15, -0.1) is 0 Å². The molecule has 3 heteroatoms. The molecule has 26 heavy (non-hydrogen) atoms. The van der Waals surface area contributed by atoms with Crippen LogP contribution in [0.15, 0.2) is 60.7 Å². The van der Waals surface area contributed by atoms with Gasteiger partial charge in [-0.3, -0.25) is 4.79 Å². The number of benzene rings is 2. The van der Waals surface area contributed by atoms with E-state index in [-0.39, 0.29) is 0 Å². The van der Waals surface area contributed by atoms with Gasteiger partial charge in [0.15, 0.2) is 0 Å². The smallest absolute Gasteiger partial charge is 0.318 e. The molecule has 136 valence electrons. The van der Waals surface area contributed by atoms with Crippen LogP contribution in [-0.2, 0) is 10.2 Å². The summed E-state index contributed by atoms with van der Waals surface area (Å²) < 4.78 is 0. The number of rotatable bonds is 5. The maximum Gasteiger partial charge on any atom is 0.318 e. The molecule has 2 heterocycles. The van der Waals surface area contributed by atoms with E-state index < -0.39 is 11.4 Å². The van der Waals surface area contributed by atoms with Gasteiger partial charge in [0.05, 0.1) is 0 Å². The number of fused-ring (bicyclic) bond motifs is 2. The van der Waals surface area contributed by atoms with Gasteiger partial charge >= 0.3 is 5.97 Å². The fourth-order valence-corrected chi connectivity index (χ4v) is 5.31. The summed E-state index contributed by atoms with van der Waals surface area (Å²) in [6.07, 6.45) is 5.42. The van der Waals surface area contributed by atoms with Crippen molar-refractivity contribution in [3.63, 3.8) is 0 Å². The Morgan fingerprint density at radius 2 is 1.42 bits per heavy atom. The highest BCUT2D eigenvalue weighted by molar-refractivity contribution is 5.86. The average molecular weight is 349 g/mol. The van der Waals surface area contributed by atoms with Crippen molar-refractivity contribution in [2.45, 2.75) is 49.6 Å². The Bertz CT molecular complexity index is 705. The van der Waals surface area contributed by atoms with E-state index in [2.05, 4.69) is 11.9 Å². The Kier molecular flexibility index (Phi) is 4.58. The van der Waals surface area contributed by atoms with Crippen LogP contribution in [0.25, 0.3) is 0 Å².